The molecule has 4 nitrogen and oxygen atoms in total. The molecule has 0 spiro atoms. The quantitative estimate of drug-likeness (QED) is 0.629. The number of thioether (sulfide) groups is 2. The molecule has 2 aromatic carbocycles. The summed E-state index contributed by atoms with van der Waals surface area (Å²) in [5, 5.41) is 11.1. The molecule has 0 unspecified atom stereocenters. The average Bonchev–Trinajstić information content (AvgIpc) is 3.09. The van der Waals surface area contributed by atoms with Gasteiger partial charge in [0.15, 0.2) is 8.68 Å². The Morgan fingerprint density at radius 2 is 1.88 bits per heavy atom. The Morgan fingerprint density at radius 1 is 1.08 bits per heavy atom. The fourth-order valence-corrected chi connectivity index (χ4v) is 4.39. The second-order valence-corrected chi connectivity index (χ2v) is 8.10. The van der Waals surface area contributed by atoms with E-state index in [0.717, 1.165) is 25.7 Å². The van der Waals surface area contributed by atoms with Crippen molar-refractivity contribution in [3.05, 3.63) is 65.7 Å². The van der Waals surface area contributed by atoms with Crippen LogP contribution in [0.4, 0.5) is 5.69 Å². The van der Waals surface area contributed by atoms with Crippen LogP contribution >= 0.6 is 34.9 Å². The fourth-order valence-electron chi connectivity index (χ4n) is 2.01. The highest BCUT2D eigenvalue weighted by Gasteiger charge is 2.08. The lowest BCUT2D eigenvalue weighted by atomic mass is 10.1. The monoisotopic (exact) mass is 373 g/mol. The maximum absolute atomic E-state index is 12.3. The zero-order valence-corrected chi connectivity index (χ0v) is 15.4. The van der Waals surface area contributed by atoms with Crippen molar-refractivity contribution in [2.75, 3.05) is 11.6 Å². The lowest BCUT2D eigenvalue weighted by Crippen LogP contribution is -2.11. The van der Waals surface area contributed by atoms with Crippen molar-refractivity contribution in [3.63, 3.8) is 0 Å². The number of nitrogens with zero attached hydrogens (tertiary/aromatic N) is 2. The van der Waals surface area contributed by atoms with Gasteiger partial charge in [-0.15, -0.1) is 10.2 Å². The van der Waals surface area contributed by atoms with E-state index < -0.39 is 0 Å². The van der Waals surface area contributed by atoms with Crippen molar-refractivity contribution in [2.45, 2.75) is 14.4 Å². The number of rotatable bonds is 6. The summed E-state index contributed by atoms with van der Waals surface area (Å²) in [5.74, 6) is 0.656. The van der Waals surface area contributed by atoms with E-state index in [2.05, 4.69) is 15.5 Å². The van der Waals surface area contributed by atoms with E-state index in [4.69, 9.17) is 0 Å². The number of amides is 1. The van der Waals surface area contributed by atoms with Crippen LogP contribution in [0.2, 0.25) is 0 Å². The first-order chi connectivity index (χ1) is 11.7. The van der Waals surface area contributed by atoms with Gasteiger partial charge < -0.3 is 5.32 Å². The molecule has 1 aromatic heterocycles. The van der Waals surface area contributed by atoms with Crippen LogP contribution in [0.5, 0.6) is 0 Å². The molecule has 0 fully saturated rings. The largest absolute Gasteiger partial charge is 0.322 e. The average molecular weight is 374 g/mol. The third-order valence-corrected chi connectivity index (χ3v) is 6.25. The van der Waals surface area contributed by atoms with Gasteiger partial charge in [-0.1, -0.05) is 65.2 Å². The number of carbonyl (C=O) groups excluding carboxylic acids is 1. The van der Waals surface area contributed by atoms with Crippen molar-refractivity contribution in [1.29, 1.82) is 0 Å². The standard InChI is InChI=1S/C17H15N3OS3/c1-22-16-19-20-17(24-16)23-11-12-6-5-7-13(10-12)15(21)18-14-8-3-2-4-9-14/h2-10H,11H2,1H3,(H,18,21). The number of carbonyl (C=O) groups is 1. The van der Waals surface area contributed by atoms with E-state index in [-0.39, 0.29) is 5.91 Å². The van der Waals surface area contributed by atoms with Crippen LogP contribution in [-0.4, -0.2) is 22.4 Å². The summed E-state index contributed by atoms with van der Waals surface area (Å²) in [7, 11) is 0. The topological polar surface area (TPSA) is 54.9 Å². The van der Waals surface area contributed by atoms with Gasteiger partial charge in [0.2, 0.25) is 0 Å². The highest BCUT2D eigenvalue weighted by Crippen LogP contribution is 2.29. The number of nitrogens with one attached hydrogen (secondary N) is 1. The normalized spacial score (nSPS) is 10.5. The highest BCUT2D eigenvalue weighted by atomic mass is 32.2. The molecular weight excluding hydrogens is 358 g/mol. The Hall–Kier alpha value is -1.83. The maximum Gasteiger partial charge on any atom is 0.255 e. The van der Waals surface area contributed by atoms with Gasteiger partial charge >= 0.3 is 0 Å². The van der Waals surface area contributed by atoms with Crippen molar-refractivity contribution >= 4 is 46.5 Å². The summed E-state index contributed by atoms with van der Waals surface area (Å²) in [5.41, 5.74) is 2.53. The lowest BCUT2D eigenvalue weighted by Gasteiger charge is -2.06. The van der Waals surface area contributed by atoms with E-state index in [1.165, 1.54) is 0 Å². The second kappa shape index (κ2) is 8.32. The maximum atomic E-state index is 12.3. The van der Waals surface area contributed by atoms with Gasteiger partial charge in [-0.25, -0.2) is 0 Å². The summed E-state index contributed by atoms with van der Waals surface area (Å²) < 4.78 is 1.91. The van der Waals surface area contributed by atoms with Gasteiger partial charge in [0, 0.05) is 17.0 Å². The van der Waals surface area contributed by atoms with E-state index in [1.54, 1.807) is 34.9 Å². The Bertz CT molecular complexity index is 821. The Kier molecular flexibility index (Phi) is 5.90. The molecule has 122 valence electrons. The Balaban J connectivity index is 1.64. The van der Waals surface area contributed by atoms with Crippen LogP contribution in [0.25, 0.3) is 0 Å². The molecule has 1 heterocycles. The van der Waals surface area contributed by atoms with Gasteiger partial charge in [0.1, 0.15) is 0 Å². The summed E-state index contributed by atoms with van der Waals surface area (Å²) in [6.07, 6.45) is 1.99. The molecule has 0 aliphatic heterocycles. The zero-order valence-electron chi connectivity index (χ0n) is 12.9. The SMILES string of the molecule is CSc1nnc(SCc2cccc(C(=O)Nc3ccccc3)c2)s1. The zero-order chi connectivity index (χ0) is 16.8. The molecule has 1 amide bonds. The van der Waals surface area contributed by atoms with Crippen molar-refractivity contribution < 1.29 is 4.79 Å². The molecular formula is C17H15N3OS3. The predicted octanol–water partition coefficient (Wildman–Crippen LogP) is 4.80. The van der Waals surface area contributed by atoms with E-state index in [9.17, 15) is 4.79 Å². The van der Waals surface area contributed by atoms with Crippen LogP contribution in [-0.2, 0) is 5.75 Å². The first-order valence-corrected chi connectivity index (χ1v) is 10.2. The number of benzene rings is 2. The molecule has 1 N–H and O–H groups in total. The molecule has 0 atom stereocenters. The van der Waals surface area contributed by atoms with Gasteiger partial charge in [0.25, 0.3) is 5.91 Å². The summed E-state index contributed by atoms with van der Waals surface area (Å²) in [6, 6.07) is 17.1. The smallest absolute Gasteiger partial charge is 0.255 e. The van der Waals surface area contributed by atoms with Crippen LogP contribution in [0.3, 0.4) is 0 Å². The summed E-state index contributed by atoms with van der Waals surface area (Å²) >= 11 is 4.82. The third-order valence-electron chi connectivity index (χ3n) is 3.15. The van der Waals surface area contributed by atoms with E-state index in [1.807, 2.05) is 60.9 Å². The molecule has 0 bridgehead atoms. The minimum atomic E-state index is -0.103. The molecule has 7 heteroatoms. The van der Waals surface area contributed by atoms with E-state index in [0.29, 0.717) is 5.56 Å². The van der Waals surface area contributed by atoms with Crippen LogP contribution in [0.15, 0.2) is 63.3 Å². The number of anilines is 1. The summed E-state index contributed by atoms with van der Waals surface area (Å²) in [4.78, 5) is 12.3. The minimum Gasteiger partial charge on any atom is -0.322 e. The molecule has 3 rings (SSSR count). The van der Waals surface area contributed by atoms with Crippen molar-refractivity contribution in [1.82, 2.24) is 10.2 Å². The summed E-state index contributed by atoms with van der Waals surface area (Å²) in [6.45, 7) is 0. The number of hydrogen-bond acceptors (Lipinski definition) is 6. The van der Waals surface area contributed by atoms with E-state index >= 15 is 0 Å². The van der Waals surface area contributed by atoms with Gasteiger partial charge in [-0.2, -0.15) is 0 Å². The second-order valence-electron chi connectivity index (χ2n) is 4.85. The van der Waals surface area contributed by atoms with Crippen LogP contribution < -0.4 is 5.32 Å². The molecule has 0 aliphatic carbocycles. The van der Waals surface area contributed by atoms with Gasteiger partial charge in [-0.05, 0) is 36.1 Å². The molecule has 0 aliphatic rings. The third kappa shape index (κ3) is 4.59. The molecule has 3 aromatic rings. The Morgan fingerprint density at radius 3 is 2.62 bits per heavy atom. The van der Waals surface area contributed by atoms with Crippen LogP contribution in [0.1, 0.15) is 15.9 Å². The number of aromatic nitrogens is 2. The lowest BCUT2D eigenvalue weighted by molar-refractivity contribution is 0.102. The first-order valence-electron chi connectivity index (χ1n) is 7.20. The molecule has 0 radical (unpaired) electrons. The predicted molar refractivity (Wildman–Crippen MR) is 102 cm³/mol. The highest BCUT2D eigenvalue weighted by molar-refractivity contribution is 8.02. The van der Waals surface area contributed by atoms with Crippen LogP contribution in [0, 0.1) is 0 Å². The van der Waals surface area contributed by atoms with Crippen molar-refractivity contribution in [2.24, 2.45) is 0 Å². The number of hydrogen-bond donors (Lipinski definition) is 1. The minimum absolute atomic E-state index is 0.103. The fraction of sp³-hybridized carbons (Fsp3) is 0.118. The Labute approximate surface area is 153 Å². The molecule has 24 heavy (non-hydrogen) atoms. The number of para-hydroxylation sites is 1. The first kappa shape index (κ1) is 17.0. The molecule has 0 saturated carbocycles. The molecule has 0 saturated heterocycles. The van der Waals surface area contributed by atoms with Gasteiger partial charge in [-0.3, -0.25) is 4.79 Å². The van der Waals surface area contributed by atoms with Gasteiger partial charge in [0.05, 0.1) is 0 Å². The van der Waals surface area contributed by atoms with Crippen molar-refractivity contribution in [3.8, 4) is 0 Å².